The molecule has 0 radical (unpaired) electrons. The molecule has 0 aliphatic rings. The van der Waals surface area contributed by atoms with Gasteiger partial charge in [0.15, 0.2) is 0 Å². The highest BCUT2D eigenvalue weighted by Crippen LogP contribution is 2.10. The third kappa shape index (κ3) is 5.19. The summed E-state index contributed by atoms with van der Waals surface area (Å²) in [5.74, 6) is -0.0492. The van der Waals surface area contributed by atoms with Crippen LogP contribution in [0.5, 0.6) is 0 Å². The molecule has 0 aliphatic heterocycles. The molecule has 1 amide bonds. The van der Waals surface area contributed by atoms with Crippen LogP contribution in [0.25, 0.3) is 0 Å². The zero-order valence-corrected chi connectivity index (χ0v) is 9.34. The first kappa shape index (κ1) is 13.4. The summed E-state index contributed by atoms with van der Waals surface area (Å²) in [4.78, 5) is 11.6. The second-order valence-corrected chi connectivity index (χ2v) is 4.33. The van der Waals surface area contributed by atoms with Crippen molar-refractivity contribution in [2.24, 2.45) is 11.7 Å². The molecule has 1 unspecified atom stereocenters. The van der Waals surface area contributed by atoms with Gasteiger partial charge in [-0.1, -0.05) is 6.92 Å². The molecule has 0 aromatic rings. The molecule has 0 heterocycles. The third-order valence-electron chi connectivity index (χ3n) is 2.25. The number of hydrogen-bond acceptors (Lipinski definition) is 3. The minimum atomic E-state index is -0.339. The summed E-state index contributed by atoms with van der Waals surface area (Å²) in [5, 5.41) is 11.7. The molecule has 4 heteroatoms. The molecule has 0 aromatic carbocycles. The lowest BCUT2D eigenvalue weighted by molar-refractivity contribution is -0.126. The topological polar surface area (TPSA) is 75.4 Å². The molecule has 0 spiro atoms. The van der Waals surface area contributed by atoms with E-state index < -0.39 is 0 Å². The second-order valence-electron chi connectivity index (χ2n) is 4.33. The fraction of sp³-hybridized carbons (Fsp3) is 0.900. The van der Waals surface area contributed by atoms with E-state index in [4.69, 9.17) is 10.8 Å². The highest BCUT2D eigenvalue weighted by atomic mass is 16.3. The van der Waals surface area contributed by atoms with Crippen LogP contribution in [-0.2, 0) is 4.79 Å². The molecule has 0 saturated carbocycles. The van der Waals surface area contributed by atoms with Gasteiger partial charge in [0.25, 0.3) is 0 Å². The van der Waals surface area contributed by atoms with Gasteiger partial charge < -0.3 is 16.2 Å². The lowest BCUT2D eigenvalue weighted by Gasteiger charge is -2.27. The Morgan fingerprint density at radius 2 is 2.14 bits per heavy atom. The predicted octanol–water partition coefficient (Wildman–Crippen LogP) is 0.249. The van der Waals surface area contributed by atoms with E-state index in [0.717, 1.165) is 0 Å². The molecule has 0 fully saturated rings. The van der Waals surface area contributed by atoms with E-state index in [2.05, 4.69) is 5.32 Å². The molecule has 4 N–H and O–H groups in total. The van der Waals surface area contributed by atoms with Gasteiger partial charge in [-0.25, -0.2) is 0 Å². The normalized spacial score (nSPS) is 13.8. The molecule has 0 aliphatic carbocycles. The van der Waals surface area contributed by atoms with Crippen LogP contribution in [0, 0.1) is 5.92 Å². The number of carbonyl (C=O) groups is 1. The lowest BCUT2D eigenvalue weighted by atomic mass is 9.99. The van der Waals surface area contributed by atoms with Gasteiger partial charge in [0, 0.05) is 18.1 Å². The van der Waals surface area contributed by atoms with Gasteiger partial charge in [0.2, 0.25) is 5.91 Å². The smallest absolute Gasteiger partial charge is 0.223 e. The van der Waals surface area contributed by atoms with Crippen molar-refractivity contribution in [1.29, 1.82) is 0 Å². The number of amides is 1. The number of hydrogen-bond donors (Lipinski definition) is 3. The monoisotopic (exact) mass is 202 g/mol. The van der Waals surface area contributed by atoms with E-state index in [0.29, 0.717) is 19.4 Å². The number of nitrogens with two attached hydrogens (primary N) is 1. The van der Waals surface area contributed by atoms with E-state index in [-0.39, 0.29) is 24.0 Å². The first-order valence-corrected chi connectivity index (χ1v) is 5.06. The van der Waals surface area contributed by atoms with E-state index in [1.807, 2.05) is 20.8 Å². The number of aliphatic hydroxyl groups excluding tert-OH is 1. The van der Waals surface area contributed by atoms with Gasteiger partial charge in [-0.3, -0.25) is 4.79 Å². The first-order valence-electron chi connectivity index (χ1n) is 5.06. The fourth-order valence-corrected chi connectivity index (χ4v) is 1.18. The Hall–Kier alpha value is -0.610. The molecule has 14 heavy (non-hydrogen) atoms. The average Bonchev–Trinajstić information content (AvgIpc) is 2.03. The van der Waals surface area contributed by atoms with E-state index in [1.54, 1.807) is 0 Å². The Morgan fingerprint density at radius 1 is 1.57 bits per heavy atom. The van der Waals surface area contributed by atoms with Crippen molar-refractivity contribution >= 4 is 5.91 Å². The van der Waals surface area contributed by atoms with Gasteiger partial charge in [-0.15, -0.1) is 0 Å². The quantitative estimate of drug-likeness (QED) is 0.578. The van der Waals surface area contributed by atoms with Crippen molar-refractivity contribution in [3.63, 3.8) is 0 Å². The zero-order chi connectivity index (χ0) is 11.2. The Balaban J connectivity index is 4.03. The van der Waals surface area contributed by atoms with Gasteiger partial charge in [0.05, 0.1) is 0 Å². The lowest BCUT2D eigenvalue weighted by Crippen LogP contribution is -2.46. The van der Waals surface area contributed by atoms with Crippen molar-refractivity contribution < 1.29 is 9.90 Å². The van der Waals surface area contributed by atoms with E-state index in [1.165, 1.54) is 0 Å². The SMILES string of the molecule is CC(CCN)C(=O)NC(C)(C)CCO. The van der Waals surface area contributed by atoms with Gasteiger partial charge in [0.1, 0.15) is 0 Å². The summed E-state index contributed by atoms with van der Waals surface area (Å²) >= 11 is 0. The molecule has 84 valence electrons. The third-order valence-corrected chi connectivity index (χ3v) is 2.25. The Morgan fingerprint density at radius 3 is 2.57 bits per heavy atom. The summed E-state index contributed by atoms with van der Waals surface area (Å²) in [6.07, 6.45) is 1.26. The summed E-state index contributed by atoms with van der Waals surface area (Å²) in [5.41, 5.74) is 5.03. The van der Waals surface area contributed by atoms with Crippen LogP contribution in [0.1, 0.15) is 33.6 Å². The zero-order valence-electron chi connectivity index (χ0n) is 9.34. The first-order chi connectivity index (χ1) is 6.43. The fourth-order valence-electron chi connectivity index (χ4n) is 1.18. The highest BCUT2D eigenvalue weighted by molar-refractivity contribution is 5.78. The highest BCUT2D eigenvalue weighted by Gasteiger charge is 2.22. The standard InChI is InChI=1S/C10H22N2O2/c1-8(4-6-11)9(14)12-10(2,3)5-7-13/h8,13H,4-7,11H2,1-3H3,(H,12,14). The second kappa shape index (κ2) is 5.98. The van der Waals surface area contributed by atoms with Crippen molar-refractivity contribution in [2.45, 2.75) is 39.2 Å². The minimum Gasteiger partial charge on any atom is -0.396 e. The van der Waals surface area contributed by atoms with Crippen LogP contribution < -0.4 is 11.1 Å². The summed E-state index contributed by atoms with van der Waals surface area (Å²) in [7, 11) is 0. The Labute approximate surface area is 85.9 Å². The molecule has 0 bridgehead atoms. The van der Waals surface area contributed by atoms with Gasteiger partial charge in [-0.2, -0.15) is 0 Å². The van der Waals surface area contributed by atoms with E-state index in [9.17, 15) is 4.79 Å². The summed E-state index contributed by atoms with van der Waals surface area (Å²) < 4.78 is 0. The molecule has 0 aromatic heterocycles. The maximum absolute atomic E-state index is 11.6. The minimum absolute atomic E-state index is 0.00824. The predicted molar refractivity (Wildman–Crippen MR) is 56.8 cm³/mol. The van der Waals surface area contributed by atoms with Crippen LogP contribution in [0.4, 0.5) is 0 Å². The maximum Gasteiger partial charge on any atom is 0.223 e. The van der Waals surface area contributed by atoms with Crippen molar-refractivity contribution in [3.05, 3.63) is 0 Å². The van der Waals surface area contributed by atoms with Crippen molar-refractivity contribution in [3.8, 4) is 0 Å². The molecule has 1 atom stereocenters. The molecular weight excluding hydrogens is 180 g/mol. The molecule has 0 rings (SSSR count). The van der Waals surface area contributed by atoms with Crippen molar-refractivity contribution in [2.75, 3.05) is 13.2 Å². The largest absolute Gasteiger partial charge is 0.396 e. The number of aliphatic hydroxyl groups is 1. The number of rotatable bonds is 6. The van der Waals surface area contributed by atoms with Crippen LogP contribution in [0.2, 0.25) is 0 Å². The average molecular weight is 202 g/mol. The number of carbonyl (C=O) groups excluding carboxylic acids is 1. The summed E-state index contributed by atoms with van der Waals surface area (Å²) in [6, 6.07) is 0. The van der Waals surface area contributed by atoms with Crippen molar-refractivity contribution in [1.82, 2.24) is 5.32 Å². The molecular formula is C10H22N2O2. The van der Waals surface area contributed by atoms with Crippen LogP contribution >= 0.6 is 0 Å². The van der Waals surface area contributed by atoms with E-state index >= 15 is 0 Å². The van der Waals surface area contributed by atoms with Gasteiger partial charge in [-0.05, 0) is 33.2 Å². The van der Waals surface area contributed by atoms with Crippen LogP contribution in [0.15, 0.2) is 0 Å². The summed E-state index contributed by atoms with van der Waals surface area (Å²) in [6.45, 7) is 6.26. The van der Waals surface area contributed by atoms with Crippen LogP contribution in [0.3, 0.4) is 0 Å². The van der Waals surface area contributed by atoms with Gasteiger partial charge >= 0.3 is 0 Å². The Kier molecular flexibility index (Phi) is 5.72. The van der Waals surface area contributed by atoms with Crippen LogP contribution in [-0.4, -0.2) is 29.7 Å². The Bertz CT molecular complexity index is 181. The molecule has 0 saturated heterocycles. The maximum atomic E-state index is 11.6. The number of nitrogens with one attached hydrogen (secondary N) is 1. The molecule has 4 nitrogen and oxygen atoms in total.